The van der Waals surface area contributed by atoms with Gasteiger partial charge in [0.1, 0.15) is 0 Å². The summed E-state index contributed by atoms with van der Waals surface area (Å²) in [7, 11) is 1.47. The summed E-state index contributed by atoms with van der Waals surface area (Å²) >= 11 is 13.2. The maximum absolute atomic E-state index is 12.9. The molecule has 0 bridgehead atoms. The van der Waals surface area contributed by atoms with Gasteiger partial charge in [0.2, 0.25) is 0 Å². The number of nitrogens with zero attached hydrogens (tertiary/aromatic N) is 1. The van der Waals surface area contributed by atoms with Gasteiger partial charge in [-0.3, -0.25) is 19.3 Å². The first-order chi connectivity index (χ1) is 17.7. The smallest absolute Gasteiger partial charge is 0.293 e. The first-order valence-electron chi connectivity index (χ1n) is 11.1. The summed E-state index contributed by atoms with van der Waals surface area (Å²) in [6.45, 7) is 1.72. The fraction of sp³-hybridized carbons (Fsp3) is 0.148. The van der Waals surface area contributed by atoms with Crippen molar-refractivity contribution >= 4 is 63.8 Å². The molecule has 3 amide bonds. The average Bonchev–Trinajstić information content (AvgIpc) is 3.13. The molecule has 37 heavy (non-hydrogen) atoms. The number of hydrogen-bond donors (Lipinski definition) is 1. The number of rotatable bonds is 8. The largest absolute Gasteiger partial charge is 0.493 e. The highest BCUT2D eigenvalue weighted by Crippen LogP contribution is 2.37. The van der Waals surface area contributed by atoms with Crippen molar-refractivity contribution < 1.29 is 23.9 Å². The van der Waals surface area contributed by atoms with Crippen molar-refractivity contribution in [3.63, 3.8) is 0 Å². The molecule has 0 aromatic heterocycles. The molecule has 0 spiro atoms. The highest BCUT2D eigenvalue weighted by atomic mass is 35.5. The minimum atomic E-state index is -0.446. The van der Waals surface area contributed by atoms with Crippen LogP contribution in [0.25, 0.3) is 6.08 Å². The summed E-state index contributed by atoms with van der Waals surface area (Å²) < 4.78 is 11.0. The third kappa shape index (κ3) is 6.46. The number of ether oxygens (including phenoxy) is 2. The number of methoxy groups -OCH3 is 1. The summed E-state index contributed by atoms with van der Waals surface area (Å²) in [5, 5.41) is 3.10. The minimum absolute atomic E-state index is 0.0265. The number of halogens is 2. The molecule has 0 atom stereocenters. The van der Waals surface area contributed by atoms with Gasteiger partial charge in [0.05, 0.1) is 18.6 Å². The van der Waals surface area contributed by atoms with Crippen LogP contribution in [0.2, 0.25) is 10.0 Å². The Morgan fingerprint density at radius 1 is 1.03 bits per heavy atom. The molecule has 1 aliphatic rings. The number of carbonyl (C=O) groups excluding carboxylic acids is 3. The van der Waals surface area contributed by atoms with Gasteiger partial charge in [-0.25, -0.2) is 0 Å². The molecule has 0 unspecified atom stereocenters. The predicted molar refractivity (Wildman–Crippen MR) is 146 cm³/mol. The van der Waals surface area contributed by atoms with Gasteiger partial charge in [0, 0.05) is 21.3 Å². The number of amides is 3. The van der Waals surface area contributed by atoms with E-state index in [4.69, 9.17) is 32.7 Å². The second-order valence-corrected chi connectivity index (χ2v) is 9.89. The summed E-state index contributed by atoms with van der Waals surface area (Å²) in [4.78, 5) is 39.1. The minimum Gasteiger partial charge on any atom is -0.493 e. The van der Waals surface area contributed by atoms with Crippen molar-refractivity contribution in [3.05, 3.63) is 92.3 Å². The standard InChI is InChI=1S/C27H22Cl2N2O5S/c1-16-6-9-18(10-7-16)30-25(32)15-36-22-11-8-17(12-23(22)35-2)13-24-26(33)31(27(34)37-24)14-19-20(28)4-3-5-21(19)29/h3-13H,14-15H2,1-2H3,(H,30,32)/b24-13+. The number of aryl methyl sites for hydroxylation is 1. The monoisotopic (exact) mass is 556 g/mol. The van der Waals surface area contributed by atoms with Crippen LogP contribution in [0.1, 0.15) is 16.7 Å². The van der Waals surface area contributed by atoms with E-state index in [1.54, 1.807) is 42.5 Å². The Bertz CT molecular complexity index is 1370. The summed E-state index contributed by atoms with van der Waals surface area (Å²) in [6.07, 6.45) is 1.59. The molecule has 0 radical (unpaired) electrons. The van der Waals surface area contributed by atoms with Crippen LogP contribution in [0.15, 0.2) is 65.6 Å². The van der Waals surface area contributed by atoms with Crippen LogP contribution < -0.4 is 14.8 Å². The van der Waals surface area contributed by atoms with Crippen molar-refractivity contribution in [1.82, 2.24) is 4.90 Å². The number of anilines is 1. The van der Waals surface area contributed by atoms with Crippen LogP contribution in [-0.2, 0) is 16.1 Å². The number of thioether (sulfide) groups is 1. The highest BCUT2D eigenvalue weighted by Gasteiger charge is 2.35. The quantitative estimate of drug-likeness (QED) is 0.316. The molecule has 0 saturated carbocycles. The van der Waals surface area contributed by atoms with Gasteiger partial charge in [-0.15, -0.1) is 0 Å². The van der Waals surface area contributed by atoms with E-state index in [-0.39, 0.29) is 24.0 Å². The summed E-state index contributed by atoms with van der Waals surface area (Å²) in [6, 6.07) is 17.4. The Morgan fingerprint density at radius 2 is 1.73 bits per heavy atom. The van der Waals surface area contributed by atoms with E-state index in [1.807, 2.05) is 31.2 Å². The first-order valence-corrected chi connectivity index (χ1v) is 12.7. The van der Waals surface area contributed by atoms with Gasteiger partial charge < -0.3 is 14.8 Å². The van der Waals surface area contributed by atoms with E-state index in [9.17, 15) is 14.4 Å². The van der Waals surface area contributed by atoms with Crippen LogP contribution in [0, 0.1) is 6.92 Å². The second kappa shape index (κ2) is 11.7. The molecule has 7 nitrogen and oxygen atoms in total. The van der Waals surface area contributed by atoms with Crippen LogP contribution in [0.4, 0.5) is 10.5 Å². The maximum atomic E-state index is 12.9. The molecule has 0 aliphatic carbocycles. The molecule has 1 aliphatic heterocycles. The molecular weight excluding hydrogens is 535 g/mol. The zero-order valence-corrected chi connectivity index (χ0v) is 22.2. The lowest BCUT2D eigenvalue weighted by Crippen LogP contribution is -2.27. The lowest BCUT2D eigenvalue weighted by Gasteiger charge is -2.14. The molecule has 1 N–H and O–H groups in total. The Balaban J connectivity index is 1.43. The zero-order valence-electron chi connectivity index (χ0n) is 19.9. The summed E-state index contributed by atoms with van der Waals surface area (Å²) in [5.41, 5.74) is 2.89. The average molecular weight is 557 g/mol. The molecule has 3 aromatic carbocycles. The topological polar surface area (TPSA) is 84.9 Å². The Kier molecular flexibility index (Phi) is 8.43. The van der Waals surface area contributed by atoms with Gasteiger partial charge in [-0.1, -0.05) is 53.0 Å². The van der Waals surface area contributed by atoms with Crippen molar-refractivity contribution in [3.8, 4) is 11.5 Å². The molecule has 10 heteroatoms. The lowest BCUT2D eigenvalue weighted by molar-refractivity contribution is -0.123. The van der Waals surface area contributed by atoms with Crippen molar-refractivity contribution in [2.24, 2.45) is 0 Å². The highest BCUT2D eigenvalue weighted by molar-refractivity contribution is 8.18. The SMILES string of the molecule is COc1cc(/C=C2/SC(=O)N(Cc3c(Cl)cccc3Cl)C2=O)ccc1OCC(=O)Nc1ccc(C)cc1. The number of benzene rings is 3. The molecule has 190 valence electrons. The van der Waals surface area contributed by atoms with E-state index in [0.717, 1.165) is 22.2 Å². The van der Waals surface area contributed by atoms with Gasteiger partial charge >= 0.3 is 0 Å². The molecule has 1 saturated heterocycles. The van der Waals surface area contributed by atoms with E-state index in [0.29, 0.717) is 38.4 Å². The van der Waals surface area contributed by atoms with Gasteiger partial charge in [-0.05, 0) is 66.7 Å². The van der Waals surface area contributed by atoms with Gasteiger partial charge in [0.25, 0.3) is 17.1 Å². The number of nitrogens with one attached hydrogen (secondary N) is 1. The number of carbonyl (C=O) groups is 3. The third-order valence-corrected chi connectivity index (χ3v) is 7.05. The van der Waals surface area contributed by atoms with E-state index in [1.165, 1.54) is 7.11 Å². The number of imide groups is 1. The fourth-order valence-corrected chi connectivity index (χ4v) is 4.85. The number of hydrogen-bond acceptors (Lipinski definition) is 6. The molecular formula is C27H22Cl2N2O5S. The van der Waals surface area contributed by atoms with Gasteiger partial charge in [0.15, 0.2) is 18.1 Å². The zero-order chi connectivity index (χ0) is 26.5. The van der Waals surface area contributed by atoms with Crippen LogP contribution in [-0.4, -0.2) is 35.7 Å². The summed E-state index contributed by atoms with van der Waals surface area (Å²) in [5.74, 6) is -0.0283. The normalized spacial score (nSPS) is 14.3. The third-order valence-electron chi connectivity index (χ3n) is 5.43. The van der Waals surface area contributed by atoms with Crippen LogP contribution >= 0.6 is 35.0 Å². The second-order valence-electron chi connectivity index (χ2n) is 8.08. The predicted octanol–water partition coefficient (Wildman–Crippen LogP) is 6.56. The Hall–Kier alpha value is -3.46. The van der Waals surface area contributed by atoms with Crippen LogP contribution in [0.3, 0.4) is 0 Å². The van der Waals surface area contributed by atoms with Crippen molar-refractivity contribution in [2.75, 3.05) is 19.0 Å². The Morgan fingerprint density at radius 3 is 2.41 bits per heavy atom. The molecule has 1 heterocycles. The van der Waals surface area contributed by atoms with E-state index < -0.39 is 11.1 Å². The van der Waals surface area contributed by atoms with Crippen LogP contribution in [0.5, 0.6) is 11.5 Å². The maximum Gasteiger partial charge on any atom is 0.293 e. The first kappa shape index (κ1) is 26.6. The lowest BCUT2D eigenvalue weighted by atomic mass is 10.1. The van der Waals surface area contributed by atoms with Crippen molar-refractivity contribution in [2.45, 2.75) is 13.5 Å². The molecule has 1 fully saturated rings. The van der Waals surface area contributed by atoms with Gasteiger partial charge in [-0.2, -0.15) is 0 Å². The molecule has 4 rings (SSSR count). The van der Waals surface area contributed by atoms with E-state index in [2.05, 4.69) is 5.32 Å². The Labute approximate surface area is 228 Å². The molecule has 3 aromatic rings. The fourth-order valence-electron chi connectivity index (χ4n) is 3.50. The van der Waals surface area contributed by atoms with E-state index >= 15 is 0 Å². The van der Waals surface area contributed by atoms with Crippen molar-refractivity contribution in [1.29, 1.82) is 0 Å².